The summed E-state index contributed by atoms with van der Waals surface area (Å²) in [6.45, 7) is 4.98. The Balaban J connectivity index is 2.28. The molecule has 2 nitrogen and oxygen atoms in total. The summed E-state index contributed by atoms with van der Waals surface area (Å²) in [6, 6.07) is 15.4. The average Bonchev–Trinajstić information content (AvgIpc) is 2.48. The van der Waals surface area contributed by atoms with Gasteiger partial charge in [-0.2, -0.15) is 0 Å². The molecule has 0 amide bonds. The first-order valence-corrected chi connectivity index (χ1v) is 6.96. The van der Waals surface area contributed by atoms with E-state index in [0.29, 0.717) is 6.04 Å². The standard InChI is InChI=1S/C17H21FN2/c1-4-20(17-7-5-6-15(18)12-17)16-10-8-14(9-11-16)13(2)19-3/h5-13,19H,4H2,1-3H3. The summed E-state index contributed by atoms with van der Waals surface area (Å²) in [5.74, 6) is -0.207. The monoisotopic (exact) mass is 272 g/mol. The molecule has 2 rings (SSSR count). The van der Waals surface area contributed by atoms with Crippen LogP contribution in [0.2, 0.25) is 0 Å². The maximum atomic E-state index is 13.4. The van der Waals surface area contributed by atoms with Crippen molar-refractivity contribution in [2.75, 3.05) is 18.5 Å². The first-order valence-electron chi connectivity index (χ1n) is 6.96. The summed E-state index contributed by atoms with van der Waals surface area (Å²) in [5, 5.41) is 3.22. The minimum Gasteiger partial charge on any atom is -0.342 e. The molecule has 1 atom stereocenters. The number of hydrogen-bond donors (Lipinski definition) is 1. The van der Waals surface area contributed by atoms with Gasteiger partial charge in [-0.3, -0.25) is 0 Å². The van der Waals surface area contributed by atoms with Crippen LogP contribution in [0.1, 0.15) is 25.5 Å². The van der Waals surface area contributed by atoms with Crippen molar-refractivity contribution in [1.82, 2.24) is 5.32 Å². The summed E-state index contributed by atoms with van der Waals surface area (Å²) in [7, 11) is 1.95. The van der Waals surface area contributed by atoms with Crippen LogP contribution in [0, 0.1) is 5.82 Å². The summed E-state index contributed by atoms with van der Waals surface area (Å²) < 4.78 is 13.4. The highest BCUT2D eigenvalue weighted by Crippen LogP contribution is 2.26. The van der Waals surface area contributed by atoms with E-state index < -0.39 is 0 Å². The number of nitrogens with one attached hydrogen (secondary N) is 1. The quantitative estimate of drug-likeness (QED) is 0.874. The molecule has 0 aliphatic carbocycles. The highest BCUT2D eigenvalue weighted by Gasteiger charge is 2.09. The second-order valence-corrected chi connectivity index (χ2v) is 4.83. The summed E-state index contributed by atoms with van der Waals surface area (Å²) in [6.07, 6.45) is 0. The third kappa shape index (κ3) is 3.17. The van der Waals surface area contributed by atoms with E-state index in [1.165, 1.54) is 11.6 Å². The van der Waals surface area contributed by atoms with E-state index in [0.717, 1.165) is 17.9 Å². The van der Waals surface area contributed by atoms with Gasteiger partial charge < -0.3 is 10.2 Å². The van der Waals surface area contributed by atoms with Crippen LogP contribution in [-0.4, -0.2) is 13.6 Å². The highest BCUT2D eigenvalue weighted by atomic mass is 19.1. The molecular weight excluding hydrogens is 251 g/mol. The van der Waals surface area contributed by atoms with Crippen molar-refractivity contribution in [2.45, 2.75) is 19.9 Å². The second kappa shape index (κ2) is 6.53. The number of anilines is 2. The Bertz CT molecular complexity index is 551. The minimum atomic E-state index is -0.207. The van der Waals surface area contributed by atoms with Gasteiger partial charge in [0.05, 0.1) is 0 Å². The Morgan fingerprint density at radius 1 is 1.10 bits per heavy atom. The average molecular weight is 272 g/mol. The molecule has 0 saturated carbocycles. The predicted octanol–water partition coefficient (Wildman–Crippen LogP) is 4.26. The molecule has 0 bridgehead atoms. The van der Waals surface area contributed by atoms with Crippen molar-refractivity contribution in [3.05, 3.63) is 59.9 Å². The Morgan fingerprint density at radius 3 is 2.35 bits per heavy atom. The smallest absolute Gasteiger partial charge is 0.125 e. The zero-order chi connectivity index (χ0) is 14.5. The molecule has 0 fully saturated rings. The molecule has 0 aliphatic heterocycles. The van der Waals surface area contributed by atoms with Crippen LogP contribution in [0.5, 0.6) is 0 Å². The normalized spacial score (nSPS) is 12.2. The van der Waals surface area contributed by atoms with Crippen molar-refractivity contribution < 1.29 is 4.39 Å². The number of hydrogen-bond acceptors (Lipinski definition) is 2. The molecule has 0 aliphatic rings. The Labute approximate surface area is 120 Å². The topological polar surface area (TPSA) is 15.3 Å². The molecule has 0 heterocycles. The SMILES string of the molecule is CCN(c1ccc(C(C)NC)cc1)c1cccc(F)c1. The van der Waals surface area contributed by atoms with Crippen LogP contribution in [0.4, 0.5) is 15.8 Å². The van der Waals surface area contributed by atoms with Crippen LogP contribution in [0.15, 0.2) is 48.5 Å². The molecule has 2 aromatic rings. The van der Waals surface area contributed by atoms with Crippen LogP contribution >= 0.6 is 0 Å². The number of benzene rings is 2. The first kappa shape index (κ1) is 14.5. The third-order valence-corrected chi connectivity index (χ3v) is 3.57. The predicted molar refractivity (Wildman–Crippen MR) is 83.0 cm³/mol. The zero-order valence-electron chi connectivity index (χ0n) is 12.2. The van der Waals surface area contributed by atoms with Crippen LogP contribution < -0.4 is 10.2 Å². The lowest BCUT2D eigenvalue weighted by Gasteiger charge is -2.24. The van der Waals surface area contributed by atoms with Gasteiger partial charge in [-0.05, 0) is 56.8 Å². The molecule has 0 spiro atoms. The van der Waals surface area contributed by atoms with Gasteiger partial charge >= 0.3 is 0 Å². The van der Waals surface area contributed by atoms with Crippen LogP contribution in [-0.2, 0) is 0 Å². The van der Waals surface area contributed by atoms with E-state index >= 15 is 0 Å². The van der Waals surface area contributed by atoms with E-state index in [1.54, 1.807) is 12.1 Å². The molecule has 0 aromatic heterocycles. The van der Waals surface area contributed by atoms with Crippen molar-refractivity contribution in [3.8, 4) is 0 Å². The van der Waals surface area contributed by atoms with E-state index in [9.17, 15) is 4.39 Å². The van der Waals surface area contributed by atoms with Crippen molar-refractivity contribution in [3.63, 3.8) is 0 Å². The van der Waals surface area contributed by atoms with Crippen LogP contribution in [0.25, 0.3) is 0 Å². The lowest BCUT2D eigenvalue weighted by molar-refractivity contribution is 0.627. The summed E-state index contributed by atoms with van der Waals surface area (Å²) >= 11 is 0. The molecule has 1 unspecified atom stereocenters. The third-order valence-electron chi connectivity index (χ3n) is 3.57. The van der Waals surface area contributed by atoms with Gasteiger partial charge in [0, 0.05) is 24.0 Å². The van der Waals surface area contributed by atoms with Gasteiger partial charge in [0.2, 0.25) is 0 Å². The molecule has 3 heteroatoms. The van der Waals surface area contributed by atoms with Crippen molar-refractivity contribution in [1.29, 1.82) is 0 Å². The summed E-state index contributed by atoms with van der Waals surface area (Å²) in [4.78, 5) is 2.09. The van der Waals surface area contributed by atoms with E-state index in [1.807, 2.05) is 13.1 Å². The number of rotatable bonds is 5. The molecule has 1 N–H and O–H groups in total. The number of halogens is 1. The zero-order valence-corrected chi connectivity index (χ0v) is 12.2. The Morgan fingerprint density at radius 2 is 1.80 bits per heavy atom. The Kier molecular flexibility index (Phi) is 4.74. The molecule has 0 saturated heterocycles. The van der Waals surface area contributed by atoms with Gasteiger partial charge in [0.15, 0.2) is 0 Å². The van der Waals surface area contributed by atoms with E-state index in [2.05, 4.69) is 48.3 Å². The Hall–Kier alpha value is -1.87. The van der Waals surface area contributed by atoms with Gasteiger partial charge in [-0.1, -0.05) is 18.2 Å². The number of nitrogens with zero attached hydrogens (tertiary/aromatic N) is 1. The highest BCUT2D eigenvalue weighted by molar-refractivity contribution is 5.63. The second-order valence-electron chi connectivity index (χ2n) is 4.83. The molecular formula is C17H21FN2. The maximum absolute atomic E-state index is 13.4. The first-order chi connectivity index (χ1) is 9.65. The van der Waals surface area contributed by atoms with Crippen molar-refractivity contribution >= 4 is 11.4 Å². The van der Waals surface area contributed by atoms with Gasteiger partial charge in [0.1, 0.15) is 5.82 Å². The minimum absolute atomic E-state index is 0.207. The van der Waals surface area contributed by atoms with Crippen LogP contribution in [0.3, 0.4) is 0 Å². The largest absolute Gasteiger partial charge is 0.342 e. The van der Waals surface area contributed by atoms with Gasteiger partial charge in [-0.25, -0.2) is 4.39 Å². The molecule has 106 valence electrons. The molecule has 20 heavy (non-hydrogen) atoms. The molecule has 0 radical (unpaired) electrons. The fourth-order valence-electron chi connectivity index (χ4n) is 2.27. The van der Waals surface area contributed by atoms with E-state index in [4.69, 9.17) is 0 Å². The summed E-state index contributed by atoms with van der Waals surface area (Å²) in [5.41, 5.74) is 3.19. The van der Waals surface area contributed by atoms with E-state index in [-0.39, 0.29) is 5.82 Å². The molecule has 2 aromatic carbocycles. The van der Waals surface area contributed by atoms with Gasteiger partial charge in [-0.15, -0.1) is 0 Å². The lowest BCUT2D eigenvalue weighted by Crippen LogP contribution is -2.17. The van der Waals surface area contributed by atoms with Gasteiger partial charge in [0.25, 0.3) is 0 Å². The fourth-order valence-corrected chi connectivity index (χ4v) is 2.27. The maximum Gasteiger partial charge on any atom is 0.125 e. The fraction of sp³-hybridized carbons (Fsp3) is 0.294. The van der Waals surface area contributed by atoms with Crippen molar-refractivity contribution in [2.24, 2.45) is 0 Å². The lowest BCUT2D eigenvalue weighted by atomic mass is 10.1.